The van der Waals surface area contributed by atoms with Crippen LogP contribution in [0, 0.1) is 25.2 Å². The van der Waals surface area contributed by atoms with Gasteiger partial charge in [0.25, 0.3) is 5.91 Å². The quantitative estimate of drug-likeness (QED) is 0.230. The zero-order valence-corrected chi connectivity index (χ0v) is 19.3. The molecule has 0 radical (unpaired) electrons. The summed E-state index contributed by atoms with van der Waals surface area (Å²) in [5.41, 5.74) is 3.17. The molecule has 34 heavy (non-hydrogen) atoms. The summed E-state index contributed by atoms with van der Waals surface area (Å²) in [5.74, 6) is -0.0191. The van der Waals surface area contributed by atoms with Crippen molar-refractivity contribution in [3.8, 4) is 23.3 Å². The fourth-order valence-corrected chi connectivity index (χ4v) is 3.26. The van der Waals surface area contributed by atoms with Gasteiger partial charge in [-0.05, 0) is 73.0 Å². The number of benzene rings is 3. The number of ether oxygens (including phenoxy) is 3. The molecule has 0 saturated carbocycles. The van der Waals surface area contributed by atoms with Crippen LogP contribution in [-0.2, 0) is 4.79 Å². The molecule has 3 aromatic rings. The second kappa shape index (κ2) is 10.8. The summed E-state index contributed by atoms with van der Waals surface area (Å²) in [6.45, 7) is 3.76. The normalized spacial score (nSPS) is 10.7. The Balaban J connectivity index is 1.86. The Hall–Kier alpha value is -4.57. The highest BCUT2D eigenvalue weighted by Crippen LogP contribution is 2.30. The van der Waals surface area contributed by atoms with Crippen LogP contribution in [0.3, 0.4) is 0 Å². The smallest absolute Gasteiger partial charge is 0.343 e. The van der Waals surface area contributed by atoms with Gasteiger partial charge in [-0.25, -0.2) is 4.79 Å². The molecule has 3 aromatic carbocycles. The highest BCUT2D eigenvalue weighted by Gasteiger charge is 2.16. The number of para-hydroxylation sites is 1. The number of nitrogens with one attached hydrogen (secondary N) is 1. The van der Waals surface area contributed by atoms with Gasteiger partial charge in [0, 0.05) is 5.69 Å². The van der Waals surface area contributed by atoms with E-state index in [9.17, 15) is 14.9 Å². The standard InChI is InChI=1S/C27H24N2O5/c1-17-6-5-7-18(2)25(17)29-26(30)21(16-28)14-19-8-13-23(33-4)24(15-19)34-27(31)20-9-11-22(32-3)12-10-20/h5-15H,1-4H3,(H,29,30)/b21-14-. The minimum atomic E-state index is -0.588. The van der Waals surface area contributed by atoms with Crippen molar-refractivity contribution >= 4 is 23.6 Å². The molecule has 0 aliphatic carbocycles. The molecule has 0 aliphatic rings. The zero-order valence-electron chi connectivity index (χ0n) is 19.3. The molecule has 0 bridgehead atoms. The van der Waals surface area contributed by atoms with Crippen molar-refractivity contribution in [1.82, 2.24) is 0 Å². The van der Waals surface area contributed by atoms with Crippen molar-refractivity contribution in [3.63, 3.8) is 0 Å². The van der Waals surface area contributed by atoms with Crippen LogP contribution in [-0.4, -0.2) is 26.1 Å². The van der Waals surface area contributed by atoms with Gasteiger partial charge in [-0.1, -0.05) is 24.3 Å². The van der Waals surface area contributed by atoms with Crippen LogP contribution in [0.5, 0.6) is 17.2 Å². The Morgan fingerprint density at radius 3 is 2.18 bits per heavy atom. The minimum absolute atomic E-state index is 0.0970. The Kier molecular flexibility index (Phi) is 7.67. The van der Waals surface area contributed by atoms with Gasteiger partial charge in [-0.3, -0.25) is 4.79 Å². The number of hydrogen-bond acceptors (Lipinski definition) is 6. The molecule has 1 N–H and O–H groups in total. The molecule has 1 amide bonds. The first-order valence-corrected chi connectivity index (χ1v) is 10.4. The summed E-state index contributed by atoms with van der Waals surface area (Å²) in [7, 11) is 2.99. The van der Waals surface area contributed by atoms with E-state index in [-0.39, 0.29) is 11.3 Å². The summed E-state index contributed by atoms with van der Waals surface area (Å²) >= 11 is 0. The summed E-state index contributed by atoms with van der Waals surface area (Å²) < 4.78 is 15.9. The Morgan fingerprint density at radius 1 is 0.912 bits per heavy atom. The number of aryl methyl sites for hydroxylation is 2. The molecule has 0 saturated heterocycles. The van der Waals surface area contributed by atoms with Gasteiger partial charge in [0.2, 0.25) is 0 Å². The Morgan fingerprint density at radius 2 is 1.59 bits per heavy atom. The van der Waals surface area contributed by atoms with Crippen LogP contribution in [0.25, 0.3) is 6.08 Å². The number of carbonyl (C=O) groups excluding carboxylic acids is 2. The molecule has 7 nitrogen and oxygen atoms in total. The van der Waals surface area contributed by atoms with Gasteiger partial charge in [0.15, 0.2) is 11.5 Å². The number of rotatable bonds is 7. The van der Waals surface area contributed by atoms with E-state index in [0.717, 1.165) is 11.1 Å². The van der Waals surface area contributed by atoms with E-state index in [4.69, 9.17) is 14.2 Å². The first-order valence-electron chi connectivity index (χ1n) is 10.4. The van der Waals surface area contributed by atoms with E-state index in [2.05, 4.69) is 5.32 Å². The fourth-order valence-electron chi connectivity index (χ4n) is 3.26. The lowest BCUT2D eigenvalue weighted by atomic mass is 10.1. The van der Waals surface area contributed by atoms with E-state index in [1.807, 2.05) is 38.1 Å². The number of carbonyl (C=O) groups is 2. The van der Waals surface area contributed by atoms with E-state index >= 15 is 0 Å². The third-order valence-corrected chi connectivity index (χ3v) is 5.11. The van der Waals surface area contributed by atoms with Crippen LogP contribution in [0.1, 0.15) is 27.0 Å². The molecular weight excluding hydrogens is 432 g/mol. The van der Waals surface area contributed by atoms with Crippen LogP contribution >= 0.6 is 0 Å². The monoisotopic (exact) mass is 456 g/mol. The maximum absolute atomic E-state index is 12.8. The predicted octanol–water partition coefficient (Wildman–Crippen LogP) is 5.09. The lowest BCUT2D eigenvalue weighted by Crippen LogP contribution is -2.15. The lowest BCUT2D eigenvalue weighted by Gasteiger charge is -2.12. The van der Waals surface area contributed by atoms with Crippen molar-refractivity contribution in [1.29, 1.82) is 5.26 Å². The topological polar surface area (TPSA) is 97.7 Å². The molecular formula is C27H24N2O5. The molecule has 7 heteroatoms. The van der Waals surface area contributed by atoms with Gasteiger partial charge in [0.05, 0.1) is 19.8 Å². The number of esters is 1. The van der Waals surface area contributed by atoms with E-state index in [1.54, 1.807) is 36.4 Å². The van der Waals surface area contributed by atoms with Crippen molar-refractivity contribution in [3.05, 3.63) is 88.5 Å². The maximum atomic E-state index is 12.8. The Labute approximate surface area is 198 Å². The predicted molar refractivity (Wildman–Crippen MR) is 129 cm³/mol. The molecule has 0 unspecified atom stereocenters. The summed E-state index contributed by atoms with van der Waals surface area (Å²) in [4.78, 5) is 25.3. The Bertz CT molecular complexity index is 1270. The molecule has 3 rings (SSSR count). The van der Waals surface area contributed by atoms with Crippen molar-refractivity contribution in [2.24, 2.45) is 0 Å². The van der Waals surface area contributed by atoms with E-state index in [0.29, 0.717) is 28.3 Å². The van der Waals surface area contributed by atoms with Crippen LogP contribution in [0.4, 0.5) is 5.69 Å². The average molecular weight is 456 g/mol. The minimum Gasteiger partial charge on any atom is -0.497 e. The van der Waals surface area contributed by atoms with Crippen LogP contribution < -0.4 is 19.5 Å². The largest absolute Gasteiger partial charge is 0.497 e. The first kappa shape index (κ1) is 24.1. The number of anilines is 1. The van der Waals surface area contributed by atoms with Gasteiger partial charge < -0.3 is 19.5 Å². The van der Waals surface area contributed by atoms with Gasteiger partial charge in [-0.2, -0.15) is 5.26 Å². The number of hydrogen-bond donors (Lipinski definition) is 1. The van der Waals surface area contributed by atoms with Gasteiger partial charge >= 0.3 is 5.97 Å². The first-order chi connectivity index (χ1) is 16.4. The molecule has 0 atom stereocenters. The molecule has 0 aromatic heterocycles. The van der Waals surface area contributed by atoms with Crippen molar-refractivity contribution in [2.75, 3.05) is 19.5 Å². The third-order valence-electron chi connectivity index (χ3n) is 5.11. The highest BCUT2D eigenvalue weighted by molar-refractivity contribution is 6.10. The number of nitriles is 1. The zero-order chi connectivity index (χ0) is 24.7. The number of amides is 1. The van der Waals surface area contributed by atoms with Crippen molar-refractivity contribution in [2.45, 2.75) is 13.8 Å². The average Bonchev–Trinajstić information content (AvgIpc) is 2.85. The number of nitrogens with zero attached hydrogens (tertiary/aromatic N) is 1. The number of methoxy groups -OCH3 is 2. The SMILES string of the molecule is COc1ccc(C(=O)Oc2cc(/C=C(/C#N)C(=O)Nc3c(C)cccc3C)ccc2OC)cc1. The molecule has 0 heterocycles. The van der Waals surface area contributed by atoms with Crippen LogP contribution in [0.15, 0.2) is 66.2 Å². The molecule has 0 fully saturated rings. The maximum Gasteiger partial charge on any atom is 0.343 e. The second-order valence-electron chi connectivity index (χ2n) is 7.42. The van der Waals surface area contributed by atoms with Crippen LogP contribution in [0.2, 0.25) is 0 Å². The molecule has 0 spiro atoms. The second-order valence-corrected chi connectivity index (χ2v) is 7.42. The highest BCUT2D eigenvalue weighted by atomic mass is 16.6. The summed E-state index contributed by atoms with van der Waals surface area (Å²) in [5, 5.41) is 12.4. The van der Waals surface area contributed by atoms with Gasteiger partial charge in [-0.15, -0.1) is 0 Å². The van der Waals surface area contributed by atoms with Gasteiger partial charge in [0.1, 0.15) is 17.4 Å². The van der Waals surface area contributed by atoms with E-state index in [1.165, 1.54) is 26.4 Å². The third kappa shape index (κ3) is 5.61. The van der Waals surface area contributed by atoms with E-state index < -0.39 is 11.9 Å². The lowest BCUT2D eigenvalue weighted by molar-refractivity contribution is -0.112. The fraction of sp³-hybridized carbons (Fsp3) is 0.148. The summed E-state index contributed by atoms with van der Waals surface area (Å²) in [6.07, 6.45) is 1.42. The molecule has 0 aliphatic heterocycles. The summed E-state index contributed by atoms with van der Waals surface area (Å²) in [6, 6.07) is 18.9. The van der Waals surface area contributed by atoms with Crippen molar-refractivity contribution < 1.29 is 23.8 Å². The molecule has 172 valence electrons.